The van der Waals surface area contributed by atoms with Crippen molar-refractivity contribution >= 4 is 38.9 Å². The molecule has 0 unspecified atom stereocenters. The zero-order chi connectivity index (χ0) is 17.7. The van der Waals surface area contributed by atoms with E-state index in [4.69, 9.17) is 0 Å². The molecule has 0 bridgehead atoms. The van der Waals surface area contributed by atoms with Crippen molar-refractivity contribution in [1.82, 2.24) is 24.9 Å². The Morgan fingerprint density at radius 3 is 2.83 bits per heavy atom. The number of thioether (sulfide) groups is 1. The van der Waals surface area contributed by atoms with E-state index in [9.17, 15) is 13.2 Å². The first-order chi connectivity index (χ1) is 11.3. The summed E-state index contributed by atoms with van der Waals surface area (Å²) in [5.74, 6) is 0.264. The maximum atomic E-state index is 12.3. The summed E-state index contributed by atoms with van der Waals surface area (Å²) in [5.41, 5.74) is 0. The minimum absolute atomic E-state index is 0.00521. The SMILES string of the molecule is CC(C)n1nnnc1SCC(=O)c1ccc(CCNS(C)(=O)=O)s1. The fourth-order valence-corrected chi connectivity index (χ4v) is 4.23. The first kappa shape index (κ1) is 19.0. The van der Waals surface area contributed by atoms with Gasteiger partial charge in [-0.25, -0.2) is 17.8 Å². The monoisotopic (exact) mass is 389 g/mol. The molecule has 0 spiro atoms. The molecule has 0 amide bonds. The van der Waals surface area contributed by atoms with E-state index in [0.29, 0.717) is 23.0 Å². The van der Waals surface area contributed by atoms with Crippen molar-refractivity contribution in [2.24, 2.45) is 0 Å². The number of carbonyl (C=O) groups is 1. The van der Waals surface area contributed by atoms with Crippen LogP contribution in [0.25, 0.3) is 0 Å². The maximum Gasteiger partial charge on any atom is 0.209 e. The van der Waals surface area contributed by atoms with E-state index in [-0.39, 0.29) is 17.6 Å². The summed E-state index contributed by atoms with van der Waals surface area (Å²) < 4.78 is 26.2. The Balaban J connectivity index is 1.88. The van der Waals surface area contributed by atoms with Gasteiger partial charge in [-0.1, -0.05) is 11.8 Å². The first-order valence-corrected chi connectivity index (χ1v) is 10.9. The lowest BCUT2D eigenvalue weighted by molar-refractivity contribution is 0.102. The lowest BCUT2D eigenvalue weighted by Gasteiger charge is -2.06. The molecule has 0 saturated heterocycles. The molecule has 8 nitrogen and oxygen atoms in total. The number of sulfonamides is 1. The Labute approximate surface area is 149 Å². The van der Waals surface area contributed by atoms with E-state index in [1.807, 2.05) is 19.9 Å². The summed E-state index contributed by atoms with van der Waals surface area (Å²) in [6.07, 6.45) is 1.68. The first-order valence-electron chi connectivity index (χ1n) is 7.23. The van der Waals surface area contributed by atoms with E-state index in [0.717, 1.165) is 11.1 Å². The predicted octanol–water partition coefficient (Wildman–Crippen LogP) is 1.38. The van der Waals surface area contributed by atoms with Crippen molar-refractivity contribution < 1.29 is 13.2 Å². The van der Waals surface area contributed by atoms with Crippen LogP contribution in [-0.4, -0.2) is 53.0 Å². The number of thiophene rings is 1. The number of rotatable bonds is 9. The molecule has 0 fully saturated rings. The molecule has 2 heterocycles. The Morgan fingerprint density at radius 2 is 2.17 bits per heavy atom. The second-order valence-electron chi connectivity index (χ2n) is 5.39. The molecule has 0 aliphatic heterocycles. The summed E-state index contributed by atoms with van der Waals surface area (Å²) >= 11 is 2.69. The van der Waals surface area contributed by atoms with Crippen LogP contribution in [0.15, 0.2) is 17.3 Å². The highest BCUT2D eigenvalue weighted by atomic mass is 32.2. The van der Waals surface area contributed by atoms with E-state index < -0.39 is 10.0 Å². The second-order valence-corrected chi connectivity index (χ2v) is 9.34. The van der Waals surface area contributed by atoms with Crippen LogP contribution >= 0.6 is 23.1 Å². The zero-order valence-corrected chi connectivity index (χ0v) is 16.0. The van der Waals surface area contributed by atoms with Crippen LogP contribution in [-0.2, 0) is 16.4 Å². The van der Waals surface area contributed by atoms with Crippen LogP contribution in [0.1, 0.15) is 34.4 Å². The molecule has 2 aromatic heterocycles. The predicted molar refractivity (Wildman–Crippen MR) is 94.1 cm³/mol. The standard InChI is InChI=1S/C13H19N5O3S3/c1-9(2)18-13(15-16-17-18)22-8-11(19)12-5-4-10(23-12)6-7-14-24(3,20)21/h4-5,9,14H,6-8H2,1-3H3. The third-order valence-corrected chi connectivity index (χ3v) is 5.80. The number of hydrogen-bond acceptors (Lipinski definition) is 8. The quantitative estimate of drug-likeness (QED) is 0.510. The van der Waals surface area contributed by atoms with Gasteiger partial charge in [0.05, 0.1) is 22.9 Å². The van der Waals surface area contributed by atoms with Crippen molar-refractivity contribution in [1.29, 1.82) is 0 Å². The molecule has 0 aliphatic rings. The fraction of sp³-hybridized carbons (Fsp3) is 0.538. The largest absolute Gasteiger partial charge is 0.292 e. The number of Topliss-reactive ketones (excluding diaryl/α,β-unsaturated/α-hetero) is 1. The number of carbonyl (C=O) groups excluding carboxylic acids is 1. The average molecular weight is 390 g/mol. The molecule has 24 heavy (non-hydrogen) atoms. The number of tetrazole rings is 1. The molecule has 1 N–H and O–H groups in total. The zero-order valence-electron chi connectivity index (χ0n) is 13.6. The van der Waals surface area contributed by atoms with Crippen LogP contribution in [0.3, 0.4) is 0 Å². The summed E-state index contributed by atoms with van der Waals surface area (Å²) in [7, 11) is -3.19. The van der Waals surface area contributed by atoms with Crippen LogP contribution in [0, 0.1) is 0 Å². The van der Waals surface area contributed by atoms with Crippen LogP contribution < -0.4 is 4.72 Å². The molecule has 0 atom stereocenters. The van der Waals surface area contributed by atoms with Crippen molar-refractivity contribution in [2.45, 2.75) is 31.5 Å². The van der Waals surface area contributed by atoms with Gasteiger partial charge in [-0.3, -0.25) is 4.79 Å². The van der Waals surface area contributed by atoms with Gasteiger partial charge in [-0.05, 0) is 42.8 Å². The number of nitrogens with zero attached hydrogens (tertiary/aromatic N) is 4. The average Bonchev–Trinajstić information content (AvgIpc) is 3.12. The van der Waals surface area contributed by atoms with E-state index in [1.165, 1.54) is 23.1 Å². The molecular formula is C13H19N5O3S3. The number of ketones is 1. The minimum Gasteiger partial charge on any atom is -0.292 e. The van der Waals surface area contributed by atoms with Crippen LogP contribution in [0.2, 0.25) is 0 Å². The highest BCUT2D eigenvalue weighted by molar-refractivity contribution is 7.99. The van der Waals surface area contributed by atoms with Gasteiger partial charge in [0.25, 0.3) is 0 Å². The molecule has 11 heteroatoms. The highest BCUT2D eigenvalue weighted by Gasteiger charge is 2.14. The molecule has 0 radical (unpaired) electrons. The maximum absolute atomic E-state index is 12.3. The lowest BCUT2D eigenvalue weighted by Crippen LogP contribution is -2.23. The molecule has 0 saturated carbocycles. The fourth-order valence-electron chi connectivity index (χ4n) is 1.83. The minimum atomic E-state index is -3.19. The molecule has 2 aromatic rings. The van der Waals surface area contributed by atoms with Crippen molar-refractivity contribution in [3.8, 4) is 0 Å². The van der Waals surface area contributed by atoms with E-state index in [1.54, 1.807) is 10.7 Å². The van der Waals surface area contributed by atoms with Crippen molar-refractivity contribution in [2.75, 3.05) is 18.6 Å². The second kappa shape index (κ2) is 8.19. The number of nitrogens with one attached hydrogen (secondary N) is 1. The third kappa shape index (κ3) is 5.65. The molecule has 132 valence electrons. The topological polar surface area (TPSA) is 107 Å². The third-order valence-electron chi connectivity index (χ3n) is 2.96. The van der Waals surface area contributed by atoms with Crippen molar-refractivity contribution in [3.63, 3.8) is 0 Å². The Bertz CT molecular complexity index is 797. The van der Waals surface area contributed by atoms with Gasteiger partial charge in [0.2, 0.25) is 15.2 Å². The summed E-state index contributed by atoms with van der Waals surface area (Å²) in [6.45, 7) is 4.27. The Kier molecular flexibility index (Phi) is 6.49. The van der Waals surface area contributed by atoms with Crippen molar-refractivity contribution in [3.05, 3.63) is 21.9 Å². The smallest absolute Gasteiger partial charge is 0.209 e. The Morgan fingerprint density at radius 1 is 1.42 bits per heavy atom. The van der Waals surface area contributed by atoms with Gasteiger partial charge in [-0.2, -0.15) is 0 Å². The summed E-state index contributed by atoms with van der Waals surface area (Å²) in [5, 5.41) is 12.1. The van der Waals surface area contributed by atoms with Crippen LogP contribution in [0.5, 0.6) is 0 Å². The van der Waals surface area contributed by atoms with Gasteiger partial charge in [0.1, 0.15) is 0 Å². The number of aromatic nitrogens is 4. The van der Waals surface area contributed by atoms with E-state index in [2.05, 4.69) is 20.2 Å². The highest BCUT2D eigenvalue weighted by Crippen LogP contribution is 2.22. The normalized spacial score (nSPS) is 12.0. The van der Waals surface area contributed by atoms with Gasteiger partial charge in [0.15, 0.2) is 5.78 Å². The molecular weight excluding hydrogens is 370 g/mol. The van der Waals surface area contributed by atoms with E-state index >= 15 is 0 Å². The van der Waals surface area contributed by atoms with Crippen LogP contribution in [0.4, 0.5) is 0 Å². The van der Waals surface area contributed by atoms with Gasteiger partial charge < -0.3 is 0 Å². The van der Waals surface area contributed by atoms with Gasteiger partial charge in [0, 0.05) is 11.4 Å². The lowest BCUT2D eigenvalue weighted by atomic mass is 10.3. The van der Waals surface area contributed by atoms with Gasteiger partial charge >= 0.3 is 0 Å². The molecule has 0 aromatic carbocycles. The van der Waals surface area contributed by atoms with Gasteiger partial charge in [-0.15, -0.1) is 16.4 Å². The Hall–Kier alpha value is -1.30. The molecule has 0 aliphatic carbocycles. The summed E-state index contributed by atoms with van der Waals surface area (Å²) in [4.78, 5) is 13.9. The number of hydrogen-bond donors (Lipinski definition) is 1. The molecule has 2 rings (SSSR count). The summed E-state index contributed by atoms with van der Waals surface area (Å²) in [6, 6.07) is 3.76.